The average molecular weight is 527 g/mol. The van der Waals surface area contributed by atoms with Crippen molar-refractivity contribution in [2.24, 2.45) is 5.73 Å². The van der Waals surface area contributed by atoms with Crippen molar-refractivity contribution in [2.75, 3.05) is 39.5 Å². The highest BCUT2D eigenvalue weighted by molar-refractivity contribution is 7.18. The van der Waals surface area contributed by atoms with Crippen LogP contribution in [-0.4, -0.2) is 65.1 Å². The van der Waals surface area contributed by atoms with E-state index in [2.05, 4.69) is 22.0 Å². The fourth-order valence-corrected chi connectivity index (χ4v) is 5.88. The second kappa shape index (κ2) is 10.9. The number of aromatic nitrogens is 3. The van der Waals surface area contributed by atoms with Crippen LogP contribution >= 0.6 is 11.3 Å². The summed E-state index contributed by atoms with van der Waals surface area (Å²) >= 11 is 1.63. The van der Waals surface area contributed by atoms with Gasteiger partial charge in [0.25, 0.3) is 0 Å². The first-order valence-electron chi connectivity index (χ1n) is 12.8. The van der Waals surface area contributed by atoms with Gasteiger partial charge in [-0.15, -0.1) is 11.3 Å². The molecule has 4 N–H and O–H groups in total. The minimum Gasteiger partial charge on any atom is -0.492 e. The number of nitrogens with one attached hydrogen (secondary N) is 2. The van der Waals surface area contributed by atoms with Crippen molar-refractivity contribution in [3.8, 4) is 5.75 Å². The molecule has 6 rings (SSSR count). The van der Waals surface area contributed by atoms with E-state index in [1.54, 1.807) is 11.3 Å². The van der Waals surface area contributed by atoms with Gasteiger partial charge in [0.05, 0.1) is 40.4 Å². The van der Waals surface area contributed by atoms with E-state index in [-0.39, 0.29) is 11.8 Å². The molecule has 8 nitrogen and oxygen atoms in total. The first kappa shape index (κ1) is 24.5. The fourth-order valence-electron chi connectivity index (χ4n) is 4.77. The zero-order valence-electron chi connectivity index (χ0n) is 21.0. The Morgan fingerprint density at radius 2 is 1.87 bits per heavy atom. The predicted octanol–water partition coefficient (Wildman–Crippen LogP) is 4.54. The maximum absolute atomic E-state index is 7.79. The molecule has 3 aromatic carbocycles. The van der Waals surface area contributed by atoms with Crippen molar-refractivity contribution in [1.82, 2.24) is 19.9 Å². The molecular formula is C29H30N6O2S. The van der Waals surface area contributed by atoms with E-state index in [9.17, 15) is 0 Å². The summed E-state index contributed by atoms with van der Waals surface area (Å²) in [6.45, 7) is 5.10. The lowest BCUT2D eigenvalue weighted by molar-refractivity contribution is 0.0322. The summed E-state index contributed by atoms with van der Waals surface area (Å²) in [7, 11) is 0. The third-order valence-corrected chi connectivity index (χ3v) is 8.03. The first-order chi connectivity index (χ1) is 18.6. The number of fused-ring (bicyclic) bond motifs is 2. The van der Waals surface area contributed by atoms with Crippen LogP contribution in [0, 0.1) is 5.41 Å². The van der Waals surface area contributed by atoms with Crippen molar-refractivity contribution in [2.45, 2.75) is 12.3 Å². The van der Waals surface area contributed by atoms with E-state index in [1.165, 1.54) is 5.56 Å². The molecule has 0 aliphatic carbocycles. The Kier molecular flexibility index (Phi) is 7.04. The van der Waals surface area contributed by atoms with E-state index in [0.717, 1.165) is 77.1 Å². The SMILES string of the molecule is N=C(N)c1ccc2nc(C(Cc3ccc(OCCN4CCOCC4)cc3)c3nc4ccccc4[nH]3)sc2c1. The molecule has 9 heteroatoms. The number of hydrogen-bond donors (Lipinski definition) is 3. The van der Waals surface area contributed by atoms with Gasteiger partial charge in [-0.2, -0.15) is 0 Å². The van der Waals surface area contributed by atoms with Crippen LogP contribution in [0.5, 0.6) is 5.75 Å². The van der Waals surface area contributed by atoms with E-state index in [4.69, 9.17) is 30.6 Å². The van der Waals surface area contributed by atoms with Crippen LogP contribution in [0.4, 0.5) is 0 Å². The van der Waals surface area contributed by atoms with Crippen LogP contribution in [0.15, 0.2) is 66.7 Å². The number of morpholine rings is 1. The van der Waals surface area contributed by atoms with Gasteiger partial charge in [-0.3, -0.25) is 10.3 Å². The minimum absolute atomic E-state index is 0.0475. The van der Waals surface area contributed by atoms with Crippen molar-refractivity contribution >= 4 is 38.4 Å². The molecule has 0 radical (unpaired) electrons. The van der Waals surface area contributed by atoms with Gasteiger partial charge in [0.1, 0.15) is 29.0 Å². The highest BCUT2D eigenvalue weighted by atomic mass is 32.1. The summed E-state index contributed by atoms with van der Waals surface area (Å²) in [4.78, 5) is 15.8. The van der Waals surface area contributed by atoms with Gasteiger partial charge in [-0.25, -0.2) is 9.97 Å². The molecule has 0 bridgehead atoms. The molecular weight excluding hydrogens is 496 g/mol. The number of hydrogen-bond acceptors (Lipinski definition) is 7. The minimum atomic E-state index is -0.0475. The monoisotopic (exact) mass is 526 g/mol. The molecule has 2 aromatic heterocycles. The number of thiazole rings is 1. The van der Waals surface area contributed by atoms with Crippen LogP contribution in [0.2, 0.25) is 0 Å². The molecule has 0 amide bonds. The van der Waals surface area contributed by atoms with E-state index in [0.29, 0.717) is 12.2 Å². The highest BCUT2D eigenvalue weighted by Gasteiger charge is 2.23. The number of aromatic amines is 1. The smallest absolute Gasteiger partial charge is 0.122 e. The van der Waals surface area contributed by atoms with Gasteiger partial charge in [-0.05, 0) is 54.4 Å². The number of nitrogens with two attached hydrogens (primary N) is 1. The molecule has 0 saturated carbocycles. The zero-order valence-corrected chi connectivity index (χ0v) is 21.8. The van der Waals surface area contributed by atoms with Crippen molar-refractivity contribution in [1.29, 1.82) is 5.41 Å². The number of imidazole rings is 1. The van der Waals surface area contributed by atoms with Crippen LogP contribution < -0.4 is 10.5 Å². The lowest BCUT2D eigenvalue weighted by atomic mass is 9.99. The molecule has 38 heavy (non-hydrogen) atoms. The summed E-state index contributed by atoms with van der Waals surface area (Å²) in [5.74, 6) is 1.78. The predicted molar refractivity (Wildman–Crippen MR) is 151 cm³/mol. The number of nitrogen functional groups attached to an aromatic ring is 1. The number of nitrogens with zero attached hydrogens (tertiary/aromatic N) is 3. The number of amidine groups is 1. The van der Waals surface area contributed by atoms with Gasteiger partial charge in [0.15, 0.2) is 0 Å². The third-order valence-electron chi connectivity index (χ3n) is 6.89. The van der Waals surface area contributed by atoms with E-state index >= 15 is 0 Å². The Hall–Kier alpha value is -3.79. The van der Waals surface area contributed by atoms with E-state index < -0.39 is 0 Å². The van der Waals surface area contributed by atoms with Gasteiger partial charge in [-0.1, -0.05) is 24.3 Å². The lowest BCUT2D eigenvalue weighted by Crippen LogP contribution is -2.38. The number of para-hydroxylation sites is 2. The van der Waals surface area contributed by atoms with Crippen LogP contribution in [0.25, 0.3) is 21.3 Å². The molecule has 3 heterocycles. The summed E-state index contributed by atoms with van der Waals surface area (Å²) in [6.07, 6.45) is 0.743. The maximum Gasteiger partial charge on any atom is 0.122 e. The zero-order chi connectivity index (χ0) is 25.9. The summed E-state index contributed by atoms with van der Waals surface area (Å²) in [5, 5.41) is 8.77. The van der Waals surface area contributed by atoms with Crippen molar-refractivity contribution in [3.05, 3.63) is 88.7 Å². The Bertz CT molecular complexity index is 1520. The summed E-state index contributed by atoms with van der Waals surface area (Å²) < 4.78 is 12.4. The fraction of sp³-hybridized carbons (Fsp3) is 0.276. The second-order valence-corrected chi connectivity index (χ2v) is 10.6. The van der Waals surface area contributed by atoms with Gasteiger partial charge < -0.3 is 20.2 Å². The van der Waals surface area contributed by atoms with Crippen molar-refractivity contribution < 1.29 is 9.47 Å². The summed E-state index contributed by atoms with van der Waals surface area (Å²) in [6, 6.07) is 22.1. The number of H-pyrrole nitrogens is 1. The maximum atomic E-state index is 7.79. The molecule has 194 valence electrons. The largest absolute Gasteiger partial charge is 0.492 e. The Balaban J connectivity index is 1.24. The van der Waals surface area contributed by atoms with Gasteiger partial charge in [0, 0.05) is 25.2 Å². The molecule has 0 spiro atoms. The highest BCUT2D eigenvalue weighted by Crippen LogP contribution is 2.34. The molecule has 1 unspecified atom stereocenters. The molecule has 1 fully saturated rings. The Morgan fingerprint density at radius 1 is 1.05 bits per heavy atom. The first-order valence-corrected chi connectivity index (χ1v) is 13.7. The van der Waals surface area contributed by atoms with Crippen LogP contribution in [-0.2, 0) is 11.2 Å². The number of ether oxygens (including phenoxy) is 2. The van der Waals surface area contributed by atoms with Crippen molar-refractivity contribution in [3.63, 3.8) is 0 Å². The molecule has 1 aliphatic heterocycles. The quantitative estimate of drug-likeness (QED) is 0.192. The molecule has 1 aliphatic rings. The topological polar surface area (TPSA) is 113 Å². The molecule has 1 saturated heterocycles. The average Bonchev–Trinajstić information content (AvgIpc) is 3.57. The molecule has 5 aromatic rings. The van der Waals surface area contributed by atoms with Gasteiger partial charge in [0.2, 0.25) is 0 Å². The van der Waals surface area contributed by atoms with Gasteiger partial charge >= 0.3 is 0 Å². The second-order valence-electron chi connectivity index (χ2n) is 9.49. The third kappa shape index (κ3) is 5.40. The normalized spacial score (nSPS) is 15.2. The Morgan fingerprint density at radius 3 is 2.66 bits per heavy atom. The summed E-state index contributed by atoms with van der Waals surface area (Å²) in [5.41, 5.74) is 10.5. The number of benzene rings is 3. The standard InChI is InChI=1S/C29H30N6O2S/c30-27(31)20-7-10-25-26(18-20)38-29(34-25)22(28-32-23-3-1-2-4-24(23)33-28)17-19-5-8-21(9-6-19)37-16-13-35-11-14-36-15-12-35/h1-10,18,22H,11-17H2,(H3,30,31)(H,32,33). The lowest BCUT2D eigenvalue weighted by Gasteiger charge is -2.26. The molecule has 1 atom stereocenters. The van der Waals surface area contributed by atoms with E-state index in [1.807, 2.05) is 54.6 Å². The number of rotatable bonds is 9. The Labute approximate surface area is 224 Å². The van der Waals surface area contributed by atoms with Crippen LogP contribution in [0.1, 0.15) is 27.9 Å². The van der Waals surface area contributed by atoms with Crippen LogP contribution in [0.3, 0.4) is 0 Å².